The molecule has 0 aliphatic heterocycles. The third-order valence-electron chi connectivity index (χ3n) is 4.97. The molecule has 2 aromatic heterocycles. The largest absolute Gasteiger partial charge is 0.282 e. The Bertz CT molecular complexity index is 1330. The van der Waals surface area contributed by atoms with E-state index in [9.17, 15) is 25.0 Å². The highest BCUT2D eigenvalue weighted by molar-refractivity contribution is 7.22. The number of non-ortho nitro benzene ring substituents is 2. The minimum absolute atomic E-state index is 0.163. The molecule has 0 saturated heterocycles. The molecule has 4 rings (SSSR count). The fourth-order valence-electron chi connectivity index (χ4n) is 3.44. The molecule has 168 valence electrons. The highest BCUT2D eigenvalue weighted by Gasteiger charge is 2.26. The topological polar surface area (TPSA) is 137 Å². The quantitative estimate of drug-likeness (QED) is 0.293. The molecule has 0 saturated carbocycles. The summed E-state index contributed by atoms with van der Waals surface area (Å²) in [5.74, 6) is -0.623. The molecule has 33 heavy (non-hydrogen) atoms. The van der Waals surface area contributed by atoms with E-state index >= 15 is 0 Å². The number of aromatic nitrogens is 3. The second kappa shape index (κ2) is 8.74. The SMILES string of the molecule is Cc1cc(C)n(CCN(C(=O)c2cc([N+](=O)[O-])cc([N+](=O)[O-])c2)c2nc3ccccc3s2)n1. The Kier molecular flexibility index (Phi) is 5.84. The van der Waals surface area contributed by atoms with E-state index in [1.165, 1.54) is 16.2 Å². The Hall–Kier alpha value is -4.19. The number of nitro groups is 2. The van der Waals surface area contributed by atoms with Gasteiger partial charge in [0.2, 0.25) is 0 Å². The van der Waals surface area contributed by atoms with Gasteiger partial charge in [-0.2, -0.15) is 5.10 Å². The first-order valence-electron chi connectivity index (χ1n) is 9.85. The lowest BCUT2D eigenvalue weighted by molar-refractivity contribution is -0.394. The van der Waals surface area contributed by atoms with Gasteiger partial charge in [-0.3, -0.25) is 34.6 Å². The van der Waals surface area contributed by atoms with Crippen molar-refractivity contribution >= 4 is 44.0 Å². The number of hydrogen-bond acceptors (Lipinski definition) is 8. The predicted molar refractivity (Wildman–Crippen MR) is 123 cm³/mol. The van der Waals surface area contributed by atoms with Gasteiger partial charge in [-0.25, -0.2) is 4.98 Å². The summed E-state index contributed by atoms with van der Waals surface area (Å²) < 4.78 is 2.61. The molecule has 0 unspecified atom stereocenters. The van der Waals surface area contributed by atoms with Crippen molar-refractivity contribution in [3.63, 3.8) is 0 Å². The molecule has 0 fully saturated rings. The van der Waals surface area contributed by atoms with Crippen LogP contribution in [0.2, 0.25) is 0 Å². The normalized spacial score (nSPS) is 11.0. The van der Waals surface area contributed by atoms with Crippen molar-refractivity contribution < 1.29 is 14.6 Å². The molecule has 0 aliphatic rings. The monoisotopic (exact) mass is 466 g/mol. The zero-order chi connectivity index (χ0) is 23.7. The first-order chi connectivity index (χ1) is 15.7. The van der Waals surface area contributed by atoms with Crippen LogP contribution in [0, 0.1) is 34.1 Å². The van der Waals surface area contributed by atoms with Crippen LogP contribution in [0.5, 0.6) is 0 Å². The van der Waals surface area contributed by atoms with Crippen LogP contribution in [0.25, 0.3) is 10.2 Å². The van der Waals surface area contributed by atoms with E-state index in [0.29, 0.717) is 17.2 Å². The van der Waals surface area contributed by atoms with Crippen molar-refractivity contribution in [2.24, 2.45) is 0 Å². The molecule has 12 heteroatoms. The molecule has 0 spiro atoms. The molecule has 2 heterocycles. The molecule has 0 atom stereocenters. The van der Waals surface area contributed by atoms with E-state index in [0.717, 1.165) is 34.3 Å². The smallest absolute Gasteiger partial charge is 0.277 e. The Morgan fingerprint density at radius 1 is 1.06 bits per heavy atom. The molecule has 0 N–H and O–H groups in total. The zero-order valence-corrected chi connectivity index (χ0v) is 18.5. The van der Waals surface area contributed by atoms with Crippen molar-refractivity contribution in [1.82, 2.24) is 14.8 Å². The van der Waals surface area contributed by atoms with Gasteiger partial charge in [0, 0.05) is 24.4 Å². The van der Waals surface area contributed by atoms with Gasteiger partial charge in [-0.15, -0.1) is 0 Å². The summed E-state index contributed by atoms with van der Waals surface area (Å²) >= 11 is 1.29. The number of amides is 1. The summed E-state index contributed by atoms with van der Waals surface area (Å²) in [6, 6.07) is 12.2. The van der Waals surface area contributed by atoms with Crippen molar-refractivity contribution in [2.75, 3.05) is 11.4 Å². The molecule has 0 radical (unpaired) electrons. The minimum atomic E-state index is -0.762. The Balaban J connectivity index is 1.76. The number of thiazole rings is 1. The zero-order valence-electron chi connectivity index (χ0n) is 17.7. The molecule has 2 aromatic carbocycles. The van der Waals surface area contributed by atoms with E-state index in [1.807, 2.05) is 44.2 Å². The molecule has 0 bridgehead atoms. The third-order valence-corrected chi connectivity index (χ3v) is 6.03. The number of para-hydroxylation sites is 1. The maximum atomic E-state index is 13.5. The van der Waals surface area contributed by atoms with Gasteiger partial charge in [0.25, 0.3) is 17.3 Å². The first-order valence-corrected chi connectivity index (χ1v) is 10.7. The molecule has 0 aliphatic carbocycles. The number of nitrogens with zero attached hydrogens (tertiary/aromatic N) is 6. The van der Waals surface area contributed by atoms with Gasteiger partial charge >= 0.3 is 0 Å². The van der Waals surface area contributed by atoms with Gasteiger partial charge in [0.1, 0.15) is 0 Å². The lowest BCUT2D eigenvalue weighted by Crippen LogP contribution is -2.34. The van der Waals surface area contributed by atoms with Crippen molar-refractivity contribution in [2.45, 2.75) is 20.4 Å². The summed E-state index contributed by atoms with van der Waals surface area (Å²) in [5.41, 5.74) is 1.22. The van der Waals surface area contributed by atoms with Crippen LogP contribution in [0.1, 0.15) is 21.7 Å². The number of carbonyl (C=O) groups excluding carboxylic acids is 1. The average Bonchev–Trinajstić information content (AvgIpc) is 3.35. The van der Waals surface area contributed by atoms with Crippen molar-refractivity contribution in [1.29, 1.82) is 0 Å². The Labute approximate surface area is 191 Å². The summed E-state index contributed by atoms with van der Waals surface area (Å²) in [6.07, 6.45) is 0. The van der Waals surface area contributed by atoms with Crippen molar-refractivity contribution in [3.05, 3.63) is 85.7 Å². The molecule has 1 amide bonds. The van der Waals surface area contributed by atoms with E-state index in [2.05, 4.69) is 10.1 Å². The van der Waals surface area contributed by atoms with E-state index in [1.54, 1.807) is 4.68 Å². The fraction of sp³-hybridized carbons (Fsp3) is 0.190. The Morgan fingerprint density at radius 3 is 2.30 bits per heavy atom. The summed E-state index contributed by atoms with van der Waals surface area (Å²) in [6.45, 7) is 4.27. The van der Waals surface area contributed by atoms with Gasteiger partial charge in [0.15, 0.2) is 5.13 Å². The minimum Gasteiger partial charge on any atom is -0.282 e. The van der Waals surface area contributed by atoms with Crippen LogP contribution in [0.15, 0.2) is 48.5 Å². The van der Waals surface area contributed by atoms with Gasteiger partial charge in [-0.1, -0.05) is 23.5 Å². The predicted octanol–water partition coefficient (Wildman–Crippen LogP) is 4.27. The summed E-state index contributed by atoms with van der Waals surface area (Å²) in [7, 11) is 0. The maximum Gasteiger partial charge on any atom is 0.277 e. The molecular formula is C21H18N6O5S. The highest BCUT2D eigenvalue weighted by atomic mass is 32.1. The van der Waals surface area contributed by atoms with Gasteiger partial charge in [-0.05, 0) is 32.0 Å². The van der Waals surface area contributed by atoms with Crippen molar-refractivity contribution in [3.8, 4) is 0 Å². The standard InChI is InChI=1S/C21H18N6O5S/c1-13-9-14(2)25(23-13)8-7-24(21-22-18-5-3-4-6-19(18)33-21)20(28)15-10-16(26(29)30)12-17(11-15)27(31)32/h3-6,9-12H,7-8H2,1-2H3. The highest BCUT2D eigenvalue weighted by Crippen LogP contribution is 2.31. The maximum absolute atomic E-state index is 13.5. The lowest BCUT2D eigenvalue weighted by atomic mass is 10.1. The number of fused-ring (bicyclic) bond motifs is 1. The number of rotatable bonds is 7. The van der Waals surface area contributed by atoms with Gasteiger partial charge < -0.3 is 0 Å². The van der Waals surface area contributed by atoms with E-state index < -0.39 is 27.1 Å². The third kappa shape index (κ3) is 4.55. The Morgan fingerprint density at radius 2 is 1.73 bits per heavy atom. The van der Waals surface area contributed by atoms with Crippen LogP contribution in [-0.4, -0.2) is 37.1 Å². The van der Waals surface area contributed by atoms with E-state index in [-0.39, 0.29) is 12.1 Å². The molecule has 4 aromatic rings. The van der Waals surface area contributed by atoms with Crippen LogP contribution in [0.3, 0.4) is 0 Å². The lowest BCUT2D eigenvalue weighted by Gasteiger charge is -2.20. The number of benzene rings is 2. The second-order valence-electron chi connectivity index (χ2n) is 7.32. The first kappa shape index (κ1) is 22.0. The van der Waals surface area contributed by atoms with Crippen LogP contribution in [0.4, 0.5) is 16.5 Å². The van der Waals surface area contributed by atoms with E-state index in [4.69, 9.17) is 0 Å². The molecular weight excluding hydrogens is 448 g/mol. The second-order valence-corrected chi connectivity index (χ2v) is 8.33. The van der Waals surface area contributed by atoms with Gasteiger partial charge in [0.05, 0.1) is 43.9 Å². The number of carbonyl (C=O) groups is 1. The summed E-state index contributed by atoms with van der Waals surface area (Å²) in [5, 5.41) is 27.4. The number of aryl methyl sites for hydroxylation is 2. The fourth-order valence-corrected chi connectivity index (χ4v) is 4.43. The number of hydrogen-bond donors (Lipinski definition) is 0. The average molecular weight is 466 g/mol. The van der Waals surface area contributed by atoms with Crippen LogP contribution in [-0.2, 0) is 6.54 Å². The number of nitro benzene ring substituents is 2. The molecule has 11 nitrogen and oxygen atoms in total. The van der Waals surface area contributed by atoms with Crippen LogP contribution < -0.4 is 4.90 Å². The number of anilines is 1. The van der Waals surface area contributed by atoms with Crippen LogP contribution >= 0.6 is 11.3 Å². The summed E-state index contributed by atoms with van der Waals surface area (Å²) in [4.78, 5) is 40.5.